The average Bonchev–Trinajstić information content (AvgIpc) is 3.10. The van der Waals surface area contributed by atoms with Crippen LogP contribution in [0.15, 0.2) is 30.3 Å². The Morgan fingerprint density at radius 2 is 1.70 bits per heavy atom. The van der Waals surface area contributed by atoms with Gasteiger partial charge in [-0.1, -0.05) is 44.2 Å². The standard InChI is InChI=1S/C27H36O3/c1-26-14-13-22-19(21(26)11-12-24(26)30-3)10-9-18-15-23(28)20(16-27(18,22)2)25(29)17-7-5-4-6-8-17/h4-8,18-22,24H,9-16H2,1-3H3/t18?,19-,20?,21-,22+,24?,26-,27-/m0/s1. The molecule has 3 unspecified atom stereocenters. The highest BCUT2D eigenvalue weighted by Crippen LogP contribution is 2.66. The number of Topliss-reactive ketones (excluding diaryl/α,β-unsaturated/α-hetero) is 2. The van der Waals surface area contributed by atoms with Gasteiger partial charge in [0.2, 0.25) is 0 Å². The highest BCUT2D eigenvalue weighted by atomic mass is 16.5. The summed E-state index contributed by atoms with van der Waals surface area (Å²) in [5.74, 6) is 2.34. The number of methoxy groups -OCH3 is 1. The maximum atomic E-state index is 13.3. The Morgan fingerprint density at radius 1 is 0.967 bits per heavy atom. The maximum absolute atomic E-state index is 13.3. The van der Waals surface area contributed by atoms with E-state index in [-0.39, 0.29) is 17.0 Å². The summed E-state index contributed by atoms with van der Waals surface area (Å²) in [4.78, 5) is 26.3. The number of ketones is 2. The van der Waals surface area contributed by atoms with Gasteiger partial charge >= 0.3 is 0 Å². The van der Waals surface area contributed by atoms with Crippen LogP contribution in [0.1, 0.15) is 75.6 Å². The minimum absolute atomic E-state index is 0.0448. The van der Waals surface area contributed by atoms with Crippen molar-refractivity contribution in [2.24, 2.45) is 40.4 Å². The van der Waals surface area contributed by atoms with Crippen molar-refractivity contribution < 1.29 is 14.3 Å². The monoisotopic (exact) mass is 408 g/mol. The van der Waals surface area contributed by atoms with E-state index in [1.807, 2.05) is 37.4 Å². The molecule has 30 heavy (non-hydrogen) atoms. The van der Waals surface area contributed by atoms with Crippen LogP contribution in [0.3, 0.4) is 0 Å². The number of hydrogen-bond acceptors (Lipinski definition) is 3. The summed E-state index contributed by atoms with van der Waals surface area (Å²) in [6.45, 7) is 4.90. The zero-order chi connectivity index (χ0) is 21.1. The highest BCUT2D eigenvalue weighted by molar-refractivity contribution is 6.11. The van der Waals surface area contributed by atoms with Crippen molar-refractivity contribution in [1.82, 2.24) is 0 Å². The first-order valence-corrected chi connectivity index (χ1v) is 12.0. The maximum Gasteiger partial charge on any atom is 0.173 e. The zero-order valence-corrected chi connectivity index (χ0v) is 18.7. The Bertz CT molecular complexity index is 832. The van der Waals surface area contributed by atoms with Crippen molar-refractivity contribution >= 4 is 11.6 Å². The second kappa shape index (κ2) is 7.29. The largest absolute Gasteiger partial charge is 0.381 e. The molecule has 3 nitrogen and oxygen atoms in total. The highest BCUT2D eigenvalue weighted by Gasteiger charge is 2.61. The van der Waals surface area contributed by atoms with Gasteiger partial charge in [-0.05, 0) is 79.4 Å². The molecule has 162 valence electrons. The van der Waals surface area contributed by atoms with Crippen LogP contribution in [-0.2, 0) is 9.53 Å². The van der Waals surface area contributed by atoms with Crippen molar-refractivity contribution in [3.8, 4) is 0 Å². The molecule has 1 aromatic carbocycles. The smallest absolute Gasteiger partial charge is 0.173 e. The minimum atomic E-state index is -0.448. The first kappa shape index (κ1) is 20.4. The van der Waals surface area contributed by atoms with Gasteiger partial charge in [-0.25, -0.2) is 0 Å². The molecule has 0 N–H and O–H groups in total. The van der Waals surface area contributed by atoms with E-state index in [2.05, 4.69) is 13.8 Å². The molecule has 0 radical (unpaired) electrons. The SMILES string of the molecule is COC1CC[C@H]2[C@@H]3CCC4CC(=O)C(C(=O)c5ccccc5)C[C@]4(C)[C@@H]3CC[C@]12C. The van der Waals surface area contributed by atoms with E-state index in [0.717, 1.165) is 24.7 Å². The molecule has 0 aromatic heterocycles. The lowest BCUT2D eigenvalue weighted by Gasteiger charge is -2.60. The van der Waals surface area contributed by atoms with E-state index in [1.165, 1.54) is 32.1 Å². The van der Waals surface area contributed by atoms with Crippen LogP contribution in [-0.4, -0.2) is 24.8 Å². The number of fused-ring (bicyclic) bond motifs is 5. The van der Waals surface area contributed by atoms with Crippen molar-refractivity contribution in [2.45, 2.75) is 71.3 Å². The van der Waals surface area contributed by atoms with Gasteiger partial charge in [-0.3, -0.25) is 9.59 Å². The molecule has 4 aliphatic carbocycles. The third-order valence-corrected chi connectivity index (χ3v) is 10.1. The third-order valence-electron chi connectivity index (χ3n) is 10.1. The Balaban J connectivity index is 1.43. The molecule has 0 saturated heterocycles. The van der Waals surface area contributed by atoms with E-state index in [4.69, 9.17) is 4.74 Å². The predicted octanol–water partition coefficient (Wildman–Crippen LogP) is 5.72. The van der Waals surface area contributed by atoms with E-state index in [1.54, 1.807) is 0 Å². The minimum Gasteiger partial charge on any atom is -0.381 e. The Labute approximate surface area is 181 Å². The molecule has 4 aliphatic rings. The zero-order valence-electron chi connectivity index (χ0n) is 18.7. The summed E-state index contributed by atoms with van der Waals surface area (Å²) < 4.78 is 5.92. The fourth-order valence-electron chi connectivity index (χ4n) is 8.51. The Morgan fingerprint density at radius 3 is 2.43 bits per heavy atom. The second-order valence-corrected chi connectivity index (χ2v) is 11.2. The molecule has 0 amide bonds. The van der Waals surface area contributed by atoms with Gasteiger partial charge < -0.3 is 4.74 Å². The van der Waals surface area contributed by atoms with Crippen molar-refractivity contribution in [1.29, 1.82) is 0 Å². The molecule has 0 heterocycles. The van der Waals surface area contributed by atoms with Crippen molar-refractivity contribution in [3.05, 3.63) is 35.9 Å². The van der Waals surface area contributed by atoms with Crippen LogP contribution < -0.4 is 0 Å². The Kier molecular flexibility index (Phi) is 4.96. The topological polar surface area (TPSA) is 43.4 Å². The van der Waals surface area contributed by atoms with Gasteiger partial charge in [-0.15, -0.1) is 0 Å². The number of carbonyl (C=O) groups excluding carboxylic acids is 2. The average molecular weight is 409 g/mol. The molecule has 4 fully saturated rings. The fourth-order valence-corrected chi connectivity index (χ4v) is 8.51. The second-order valence-electron chi connectivity index (χ2n) is 11.2. The molecular formula is C27H36O3. The van der Waals surface area contributed by atoms with Gasteiger partial charge in [0.1, 0.15) is 5.78 Å². The van der Waals surface area contributed by atoms with Crippen molar-refractivity contribution in [3.63, 3.8) is 0 Å². The first-order valence-electron chi connectivity index (χ1n) is 12.0. The molecule has 4 saturated carbocycles. The van der Waals surface area contributed by atoms with Gasteiger partial charge in [0.25, 0.3) is 0 Å². The number of ether oxygens (including phenoxy) is 1. The van der Waals surface area contributed by atoms with Crippen LogP contribution in [0.25, 0.3) is 0 Å². The van der Waals surface area contributed by atoms with E-state index in [0.29, 0.717) is 35.3 Å². The molecule has 8 atom stereocenters. The molecule has 1 aromatic rings. The van der Waals surface area contributed by atoms with Crippen LogP contribution in [0.5, 0.6) is 0 Å². The number of hydrogen-bond donors (Lipinski definition) is 0. The van der Waals surface area contributed by atoms with Crippen LogP contribution in [0, 0.1) is 40.4 Å². The van der Waals surface area contributed by atoms with Gasteiger partial charge in [-0.2, -0.15) is 0 Å². The molecule has 0 spiro atoms. The molecule has 0 bridgehead atoms. The third kappa shape index (κ3) is 2.87. The first-order chi connectivity index (χ1) is 14.4. The summed E-state index contributed by atoms with van der Waals surface area (Å²) in [6, 6.07) is 9.45. The molecular weight excluding hydrogens is 372 g/mol. The number of rotatable bonds is 3. The van der Waals surface area contributed by atoms with E-state index < -0.39 is 5.92 Å². The summed E-state index contributed by atoms with van der Waals surface area (Å²) in [6.07, 6.45) is 9.08. The molecule has 0 aliphatic heterocycles. The summed E-state index contributed by atoms with van der Waals surface area (Å²) >= 11 is 0. The van der Waals surface area contributed by atoms with Gasteiger partial charge in [0.05, 0.1) is 12.0 Å². The van der Waals surface area contributed by atoms with Crippen LogP contribution >= 0.6 is 0 Å². The van der Waals surface area contributed by atoms with Crippen LogP contribution in [0.2, 0.25) is 0 Å². The lowest BCUT2D eigenvalue weighted by atomic mass is 9.44. The van der Waals surface area contributed by atoms with Crippen molar-refractivity contribution in [2.75, 3.05) is 7.11 Å². The molecule has 3 heteroatoms. The lowest BCUT2D eigenvalue weighted by molar-refractivity contribution is -0.148. The van der Waals surface area contributed by atoms with Crippen LogP contribution in [0.4, 0.5) is 0 Å². The van der Waals surface area contributed by atoms with E-state index in [9.17, 15) is 9.59 Å². The predicted molar refractivity (Wildman–Crippen MR) is 117 cm³/mol. The number of carbonyl (C=O) groups is 2. The summed E-state index contributed by atoms with van der Waals surface area (Å²) in [7, 11) is 1.88. The summed E-state index contributed by atoms with van der Waals surface area (Å²) in [5, 5.41) is 0. The lowest BCUT2D eigenvalue weighted by Crippen LogP contribution is -2.56. The summed E-state index contributed by atoms with van der Waals surface area (Å²) in [5.41, 5.74) is 1.11. The van der Waals surface area contributed by atoms with Gasteiger partial charge in [0.15, 0.2) is 5.78 Å². The van der Waals surface area contributed by atoms with E-state index >= 15 is 0 Å². The fraction of sp³-hybridized carbons (Fsp3) is 0.704. The molecule has 5 rings (SSSR count). The van der Waals surface area contributed by atoms with Gasteiger partial charge in [0, 0.05) is 19.1 Å². The quantitative estimate of drug-likeness (QED) is 0.474. The Hall–Kier alpha value is -1.48. The normalized spacial score (nSPS) is 45.4. The number of benzene rings is 1.